The fraction of sp³-hybridized carbons (Fsp3) is 0.278. The highest BCUT2D eigenvalue weighted by Crippen LogP contribution is 2.29. The maximum absolute atomic E-state index is 12.5. The summed E-state index contributed by atoms with van der Waals surface area (Å²) in [6.45, 7) is 0.766. The van der Waals surface area contributed by atoms with Gasteiger partial charge in [-0.3, -0.25) is 0 Å². The molecule has 0 heterocycles. The van der Waals surface area contributed by atoms with Gasteiger partial charge in [-0.1, -0.05) is 23.7 Å². The van der Waals surface area contributed by atoms with Gasteiger partial charge in [0, 0.05) is 18.6 Å². The van der Waals surface area contributed by atoms with Crippen LogP contribution in [0.5, 0.6) is 5.75 Å². The quantitative estimate of drug-likeness (QED) is 0.738. The molecular formula is C18H18ClF3N2O2. The third kappa shape index (κ3) is 6.15. The van der Waals surface area contributed by atoms with E-state index in [1.807, 2.05) is 0 Å². The lowest BCUT2D eigenvalue weighted by Gasteiger charge is -2.18. The second-order valence-corrected chi connectivity index (χ2v) is 6.02. The van der Waals surface area contributed by atoms with Gasteiger partial charge in [0.2, 0.25) is 0 Å². The average Bonchev–Trinajstić information content (AvgIpc) is 2.59. The summed E-state index contributed by atoms with van der Waals surface area (Å²) in [5, 5.41) is 3.28. The summed E-state index contributed by atoms with van der Waals surface area (Å²) in [4.78, 5) is 13.4. The van der Waals surface area contributed by atoms with Gasteiger partial charge in [0.05, 0.1) is 12.1 Å². The number of alkyl halides is 3. The van der Waals surface area contributed by atoms with E-state index in [0.717, 1.165) is 12.1 Å². The van der Waals surface area contributed by atoms with E-state index in [1.54, 1.807) is 31.3 Å². The van der Waals surface area contributed by atoms with Crippen molar-refractivity contribution in [2.45, 2.75) is 12.7 Å². The molecule has 0 unspecified atom stereocenters. The van der Waals surface area contributed by atoms with E-state index in [0.29, 0.717) is 22.9 Å². The van der Waals surface area contributed by atoms with E-state index >= 15 is 0 Å². The topological polar surface area (TPSA) is 41.6 Å². The van der Waals surface area contributed by atoms with E-state index in [1.165, 1.54) is 17.0 Å². The Morgan fingerprint density at radius 3 is 2.31 bits per heavy atom. The Morgan fingerprint density at radius 1 is 1.12 bits per heavy atom. The van der Waals surface area contributed by atoms with Crippen LogP contribution >= 0.6 is 11.6 Å². The third-order valence-corrected chi connectivity index (χ3v) is 3.76. The van der Waals surface area contributed by atoms with Crippen molar-refractivity contribution in [3.63, 3.8) is 0 Å². The van der Waals surface area contributed by atoms with Crippen LogP contribution in [-0.2, 0) is 12.7 Å². The number of nitrogens with one attached hydrogen (secondary N) is 1. The molecule has 2 aromatic rings. The second kappa shape index (κ2) is 8.80. The van der Waals surface area contributed by atoms with Crippen molar-refractivity contribution in [2.24, 2.45) is 0 Å². The lowest BCUT2D eigenvalue weighted by atomic mass is 10.1. The van der Waals surface area contributed by atoms with Crippen LogP contribution in [0.15, 0.2) is 48.5 Å². The maximum Gasteiger partial charge on any atom is 0.416 e. The van der Waals surface area contributed by atoms with E-state index in [-0.39, 0.29) is 19.2 Å². The lowest BCUT2D eigenvalue weighted by molar-refractivity contribution is -0.137. The van der Waals surface area contributed by atoms with Crippen molar-refractivity contribution in [1.82, 2.24) is 10.2 Å². The minimum Gasteiger partial charge on any atom is -0.492 e. The summed E-state index contributed by atoms with van der Waals surface area (Å²) in [7, 11) is 1.56. The Hall–Kier alpha value is -2.41. The number of urea groups is 1. The Morgan fingerprint density at radius 2 is 1.73 bits per heavy atom. The first-order chi connectivity index (χ1) is 12.3. The first-order valence-electron chi connectivity index (χ1n) is 7.79. The van der Waals surface area contributed by atoms with Crippen LogP contribution in [-0.4, -0.2) is 31.1 Å². The summed E-state index contributed by atoms with van der Waals surface area (Å²) in [5.74, 6) is 0.641. The van der Waals surface area contributed by atoms with Gasteiger partial charge in [0.25, 0.3) is 0 Å². The van der Waals surface area contributed by atoms with Gasteiger partial charge < -0.3 is 15.0 Å². The molecule has 0 saturated carbocycles. The molecule has 0 atom stereocenters. The van der Waals surface area contributed by atoms with Crippen LogP contribution in [0.1, 0.15) is 11.1 Å². The maximum atomic E-state index is 12.5. The van der Waals surface area contributed by atoms with Crippen LogP contribution in [0.2, 0.25) is 5.02 Å². The SMILES string of the molecule is CN(Cc1ccc(C(F)(F)F)cc1)C(=O)NCCOc1ccc(Cl)cc1. The molecule has 1 N–H and O–H groups in total. The molecule has 26 heavy (non-hydrogen) atoms. The third-order valence-electron chi connectivity index (χ3n) is 3.51. The Bertz CT molecular complexity index is 719. The number of carbonyl (C=O) groups excluding carboxylic acids is 1. The van der Waals surface area contributed by atoms with Crippen molar-refractivity contribution < 1.29 is 22.7 Å². The largest absolute Gasteiger partial charge is 0.492 e. The molecular weight excluding hydrogens is 369 g/mol. The van der Waals surface area contributed by atoms with Gasteiger partial charge in [-0.2, -0.15) is 13.2 Å². The smallest absolute Gasteiger partial charge is 0.416 e. The molecule has 0 spiro atoms. The zero-order chi connectivity index (χ0) is 19.2. The Balaban J connectivity index is 1.74. The van der Waals surface area contributed by atoms with E-state index < -0.39 is 11.7 Å². The molecule has 140 valence electrons. The Kier molecular flexibility index (Phi) is 6.74. The number of hydrogen-bond acceptors (Lipinski definition) is 2. The predicted molar refractivity (Wildman–Crippen MR) is 93.3 cm³/mol. The first kappa shape index (κ1) is 19.9. The van der Waals surface area contributed by atoms with Crippen molar-refractivity contribution in [3.8, 4) is 5.75 Å². The van der Waals surface area contributed by atoms with Crippen LogP contribution in [0.3, 0.4) is 0 Å². The molecule has 0 aliphatic heterocycles. The van der Waals surface area contributed by atoms with Gasteiger partial charge in [-0.05, 0) is 42.0 Å². The fourth-order valence-corrected chi connectivity index (χ4v) is 2.26. The zero-order valence-electron chi connectivity index (χ0n) is 14.0. The molecule has 0 aliphatic rings. The zero-order valence-corrected chi connectivity index (χ0v) is 14.8. The van der Waals surface area contributed by atoms with E-state index in [4.69, 9.17) is 16.3 Å². The summed E-state index contributed by atoms with van der Waals surface area (Å²) in [5.41, 5.74) is -0.110. The fourth-order valence-electron chi connectivity index (χ4n) is 2.14. The van der Waals surface area contributed by atoms with Crippen molar-refractivity contribution in [2.75, 3.05) is 20.2 Å². The lowest BCUT2D eigenvalue weighted by Crippen LogP contribution is -2.38. The van der Waals surface area contributed by atoms with Crippen LogP contribution in [0.25, 0.3) is 0 Å². The molecule has 0 radical (unpaired) electrons. The summed E-state index contributed by atoms with van der Waals surface area (Å²) in [6.07, 6.45) is -4.37. The van der Waals surface area contributed by atoms with Crippen molar-refractivity contribution in [1.29, 1.82) is 0 Å². The van der Waals surface area contributed by atoms with Gasteiger partial charge >= 0.3 is 12.2 Å². The van der Waals surface area contributed by atoms with E-state index in [9.17, 15) is 18.0 Å². The van der Waals surface area contributed by atoms with Crippen LogP contribution in [0.4, 0.5) is 18.0 Å². The van der Waals surface area contributed by atoms with Gasteiger partial charge in [0.1, 0.15) is 12.4 Å². The highest BCUT2D eigenvalue weighted by Gasteiger charge is 2.29. The van der Waals surface area contributed by atoms with Crippen LogP contribution < -0.4 is 10.1 Å². The minimum absolute atomic E-state index is 0.196. The number of benzene rings is 2. The minimum atomic E-state index is -4.37. The highest BCUT2D eigenvalue weighted by atomic mass is 35.5. The van der Waals surface area contributed by atoms with E-state index in [2.05, 4.69) is 5.32 Å². The summed E-state index contributed by atoms with van der Waals surface area (Å²) in [6, 6.07) is 11.2. The molecule has 0 aromatic heterocycles. The summed E-state index contributed by atoms with van der Waals surface area (Å²) < 4.78 is 43.1. The molecule has 2 aromatic carbocycles. The summed E-state index contributed by atoms with van der Waals surface area (Å²) >= 11 is 5.77. The molecule has 8 heteroatoms. The highest BCUT2D eigenvalue weighted by molar-refractivity contribution is 6.30. The molecule has 0 aliphatic carbocycles. The van der Waals surface area contributed by atoms with Gasteiger partial charge in [0.15, 0.2) is 0 Å². The molecule has 4 nitrogen and oxygen atoms in total. The first-order valence-corrected chi connectivity index (χ1v) is 8.17. The molecule has 0 bridgehead atoms. The van der Waals surface area contributed by atoms with Gasteiger partial charge in [-0.25, -0.2) is 4.79 Å². The number of halogens is 4. The van der Waals surface area contributed by atoms with Gasteiger partial charge in [-0.15, -0.1) is 0 Å². The normalized spacial score (nSPS) is 11.1. The second-order valence-electron chi connectivity index (χ2n) is 5.59. The average molecular weight is 387 g/mol. The monoisotopic (exact) mass is 386 g/mol. The standard InChI is InChI=1S/C18H18ClF3N2O2/c1-24(12-13-2-4-14(5-3-13)18(20,21)22)17(25)23-10-11-26-16-8-6-15(19)7-9-16/h2-9H,10-12H2,1H3,(H,23,25). The molecule has 2 rings (SSSR count). The number of ether oxygens (including phenoxy) is 1. The van der Waals surface area contributed by atoms with Crippen molar-refractivity contribution in [3.05, 3.63) is 64.7 Å². The number of carbonyl (C=O) groups is 1. The van der Waals surface area contributed by atoms with Crippen LogP contribution in [0, 0.1) is 0 Å². The molecule has 0 saturated heterocycles. The number of rotatable bonds is 6. The Labute approximate surface area is 154 Å². The molecule has 2 amide bonds. The number of nitrogens with zero attached hydrogens (tertiary/aromatic N) is 1. The predicted octanol–water partition coefficient (Wildman–Crippen LogP) is 4.58. The van der Waals surface area contributed by atoms with Crippen molar-refractivity contribution >= 4 is 17.6 Å². The number of amides is 2. The number of hydrogen-bond donors (Lipinski definition) is 1. The molecule has 0 fully saturated rings.